The van der Waals surface area contributed by atoms with Gasteiger partial charge in [0, 0.05) is 25.2 Å². The zero-order valence-electron chi connectivity index (χ0n) is 14.1. The van der Waals surface area contributed by atoms with Crippen molar-refractivity contribution in [2.24, 2.45) is 0 Å². The van der Waals surface area contributed by atoms with Crippen LogP contribution in [0.5, 0.6) is 0 Å². The molecule has 0 saturated heterocycles. The molecular formula is C21H18F2N2O. The molecule has 2 aromatic rings. The van der Waals surface area contributed by atoms with Crippen molar-refractivity contribution < 1.29 is 13.6 Å². The van der Waals surface area contributed by atoms with E-state index in [4.69, 9.17) is 0 Å². The van der Waals surface area contributed by atoms with E-state index in [-0.39, 0.29) is 24.2 Å². The fourth-order valence-electron chi connectivity index (χ4n) is 3.46. The summed E-state index contributed by atoms with van der Waals surface area (Å²) in [5, 5.41) is 0. The largest absolute Gasteiger partial charge is 0.321 e. The number of hydrogen-bond acceptors (Lipinski definition) is 1. The molecule has 0 radical (unpaired) electrons. The minimum Gasteiger partial charge on any atom is -0.317 e. The Hall–Kier alpha value is -2.95. The Morgan fingerprint density at radius 2 is 1.73 bits per heavy atom. The molecular weight excluding hydrogens is 334 g/mol. The van der Waals surface area contributed by atoms with E-state index in [1.54, 1.807) is 9.80 Å². The Morgan fingerprint density at radius 3 is 2.46 bits per heavy atom. The van der Waals surface area contributed by atoms with Gasteiger partial charge in [-0.25, -0.2) is 13.6 Å². The minimum atomic E-state index is -0.493. The van der Waals surface area contributed by atoms with Crippen LogP contribution in [-0.4, -0.2) is 35.5 Å². The van der Waals surface area contributed by atoms with Crippen molar-refractivity contribution in [1.29, 1.82) is 0 Å². The smallest absolute Gasteiger partial charge is 0.317 e. The van der Waals surface area contributed by atoms with E-state index >= 15 is 0 Å². The quantitative estimate of drug-likeness (QED) is 0.735. The number of carbonyl (C=O) groups excluding carboxylic acids is 1. The second-order valence-corrected chi connectivity index (χ2v) is 6.46. The summed E-state index contributed by atoms with van der Waals surface area (Å²) in [5.74, 6) is -0.978. The van der Waals surface area contributed by atoms with Crippen LogP contribution in [0.15, 0.2) is 66.8 Å². The number of amides is 2. The first-order valence-corrected chi connectivity index (χ1v) is 8.55. The van der Waals surface area contributed by atoms with E-state index in [2.05, 4.69) is 0 Å². The maximum Gasteiger partial charge on any atom is 0.321 e. The van der Waals surface area contributed by atoms with E-state index in [1.165, 1.54) is 6.07 Å². The van der Waals surface area contributed by atoms with Crippen LogP contribution in [0.1, 0.15) is 17.2 Å². The Kier molecular flexibility index (Phi) is 4.29. The highest BCUT2D eigenvalue weighted by Crippen LogP contribution is 2.36. The van der Waals surface area contributed by atoms with Crippen molar-refractivity contribution >= 4 is 11.6 Å². The van der Waals surface area contributed by atoms with E-state index in [0.29, 0.717) is 18.7 Å². The molecule has 0 aromatic heterocycles. The van der Waals surface area contributed by atoms with Crippen LogP contribution in [0.4, 0.5) is 13.6 Å². The van der Waals surface area contributed by atoms with Crippen LogP contribution >= 0.6 is 0 Å². The number of halogens is 2. The molecule has 0 aliphatic carbocycles. The number of carbonyl (C=O) groups is 1. The van der Waals surface area contributed by atoms with Crippen molar-refractivity contribution in [3.63, 3.8) is 0 Å². The van der Waals surface area contributed by atoms with Gasteiger partial charge in [0.2, 0.25) is 0 Å². The van der Waals surface area contributed by atoms with Crippen LogP contribution in [-0.2, 0) is 0 Å². The molecule has 2 aliphatic heterocycles. The van der Waals surface area contributed by atoms with Crippen molar-refractivity contribution in [2.75, 3.05) is 19.6 Å². The van der Waals surface area contributed by atoms with E-state index in [1.807, 2.05) is 48.6 Å². The third-order valence-corrected chi connectivity index (χ3v) is 4.79. The van der Waals surface area contributed by atoms with Crippen molar-refractivity contribution in [3.05, 3.63) is 89.5 Å². The Morgan fingerprint density at radius 1 is 1.00 bits per heavy atom. The first-order chi connectivity index (χ1) is 12.6. The van der Waals surface area contributed by atoms with Gasteiger partial charge in [0.1, 0.15) is 11.6 Å². The lowest BCUT2D eigenvalue weighted by atomic mass is 10.0. The molecule has 0 spiro atoms. The van der Waals surface area contributed by atoms with Crippen molar-refractivity contribution in [3.8, 4) is 0 Å². The van der Waals surface area contributed by atoms with Gasteiger partial charge in [0.25, 0.3) is 0 Å². The van der Waals surface area contributed by atoms with Crippen LogP contribution in [0, 0.1) is 11.6 Å². The predicted molar refractivity (Wildman–Crippen MR) is 96.3 cm³/mol. The highest BCUT2D eigenvalue weighted by Gasteiger charge is 2.34. The Bertz CT molecular complexity index is 884. The van der Waals surface area contributed by atoms with Gasteiger partial charge in [-0.15, -0.1) is 0 Å². The molecule has 26 heavy (non-hydrogen) atoms. The van der Waals surface area contributed by atoms with Crippen LogP contribution in [0.3, 0.4) is 0 Å². The van der Waals surface area contributed by atoms with Crippen LogP contribution < -0.4 is 0 Å². The highest BCUT2D eigenvalue weighted by molar-refractivity contribution is 5.82. The lowest BCUT2D eigenvalue weighted by Gasteiger charge is -2.29. The normalized spacial score (nSPS) is 19.2. The van der Waals surface area contributed by atoms with Crippen molar-refractivity contribution in [2.45, 2.75) is 6.04 Å². The second-order valence-electron chi connectivity index (χ2n) is 6.46. The Balaban J connectivity index is 1.71. The molecule has 2 aromatic carbocycles. The summed E-state index contributed by atoms with van der Waals surface area (Å²) in [7, 11) is 0. The molecule has 0 bridgehead atoms. The number of nitrogens with zero attached hydrogens (tertiary/aromatic N) is 2. The van der Waals surface area contributed by atoms with Gasteiger partial charge in [0.15, 0.2) is 0 Å². The van der Waals surface area contributed by atoms with Gasteiger partial charge < -0.3 is 9.80 Å². The summed E-state index contributed by atoms with van der Waals surface area (Å²) >= 11 is 0. The zero-order valence-corrected chi connectivity index (χ0v) is 14.1. The average Bonchev–Trinajstić information content (AvgIpc) is 3.34. The fraction of sp³-hybridized carbons (Fsp3) is 0.190. The second kappa shape index (κ2) is 6.75. The summed E-state index contributed by atoms with van der Waals surface area (Å²) in [6.07, 6.45) is 5.76. The van der Waals surface area contributed by atoms with E-state index < -0.39 is 11.6 Å². The molecule has 0 fully saturated rings. The van der Waals surface area contributed by atoms with Gasteiger partial charge in [-0.05, 0) is 29.3 Å². The maximum atomic E-state index is 14.2. The van der Waals surface area contributed by atoms with E-state index in [9.17, 15) is 13.6 Å². The van der Waals surface area contributed by atoms with Gasteiger partial charge in [-0.3, -0.25) is 0 Å². The maximum absolute atomic E-state index is 14.2. The SMILES string of the molecule is O=C(N1CC=CC1)N1CC(c2cc(F)ccc2F)=C[C@H]1c1ccccc1. The number of urea groups is 1. The standard InChI is InChI=1S/C21H18F2N2O/c22-17-8-9-19(23)18(13-17)16-12-20(15-6-2-1-3-7-15)25(14-16)21(26)24-10-4-5-11-24/h1-9,12-13,20H,10-11,14H2/t20-/m0/s1. The number of hydrogen-bond donors (Lipinski definition) is 0. The minimum absolute atomic E-state index is 0.105. The monoisotopic (exact) mass is 352 g/mol. The summed E-state index contributed by atoms with van der Waals surface area (Å²) in [5.41, 5.74) is 1.77. The summed E-state index contributed by atoms with van der Waals surface area (Å²) in [4.78, 5) is 16.4. The first-order valence-electron chi connectivity index (χ1n) is 8.55. The number of rotatable bonds is 2. The molecule has 2 amide bonds. The molecule has 0 unspecified atom stereocenters. The lowest BCUT2D eigenvalue weighted by Crippen LogP contribution is -2.42. The van der Waals surface area contributed by atoms with Gasteiger partial charge in [0.05, 0.1) is 6.04 Å². The molecule has 2 heterocycles. The Labute approximate surface area is 150 Å². The summed E-state index contributed by atoms with van der Waals surface area (Å²) in [6, 6.07) is 12.6. The predicted octanol–water partition coefficient (Wildman–Crippen LogP) is 4.40. The highest BCUT2D eigenvalue weighted by atomic mass is 19.1. The molecule has 0 saturated carbocycles. The number of benzene rings is 2. The van der Waals surface area contributed by atoms with Crippen LogP contribution in [0.2, 0.25) is 0 Å². The molecule has 2 aliphatic rings. The molecule has 5 heteroatoms. The molecule has 3 nitrogen and oxygen atoms in total. The topological polar surface area (TPSA) is 23.6 Å². The van der Waals surface area contributed by atoms with Gasteiger partial charge in [-0.2, -0.15) is 0 Å². The van der Waals surface area contributed by atoms with Gasteiger partial charge in [-0.1, -0.05) is 48.6 Å². The molecule has 132 valence electrons. The van der Waals surface area contributed by atoms with Crippen LogP contribution in [0.25, 0.3) is 5.57 Å². The lowest BCUT2D eigenvalue weighted by molar-refractivity contribution is 0.164. The summed E-state index contributed by atoms with van der Waals surface area (Å²) in [6.45, 7) is 1.39. The summed E-state index contributed by atoms with van der Waals surface area (Å²) < 4.78 is 27.9. The average molecular weight is 352 g/mol. The van der Waals surface area contributed by atoms with Crippen molar-refractivity contribution in [1.82, 2.24) is 9.80 Å². The fourth-order valence-corrected chi connectivity index (χ4v) is 3.46. The molecule has 1 atom stereocenters. The third-order valence-electron chi connectivity index (χ3n) is 4.79. The van der Waals surface area contributed by atoms with Gasteiger partial charge >= 0.3 is 6.03 Å². The first kappa shape index (κ1) is 16.5. The molecule has 4 rings (SSSR count). The zero-order chi connectivity index (χ0) is 18.1. The molecule has 0 N–H and O–H groups in total. The van der Waals surface area contributed by atoms with E-state index in [0.717, 1.165) is 17.7 Å². The third kappa shape index (κ3) is 3.01.